The lowest BCUT2D eigenvalue weighted by atomic mass is 9.88. The molecule has 0 heterocycles. The normalized spacial score (nSPS) is 21.6. The molecule has 1 aromatic carbocycles. The molecule has 0 amide bonds. The van der Waals surface area contributed by atoms with Crippen LogP contribution in [0.2, 0.25) is 0 Å². The molecule has 0 saturated heterocycles. The summed E-state index contributed by atoms with van der Waals surface area (Å²) < 4.78 is 28.4. The summed E-state index contributed by atoms with van der Waals surface area (Å²) in [6.45, 7) is 6.78. The molecule has 2 N–H and O–H groups in total. The topological polar surface area (TPSA) is 58.2 Å². The molecule has 0 spiro atoms. The molecule has 1 fully saturated rings. The lowest BCUT2D eigenvalue weighted by molar-refractivity contribution is 0.313. The fourth-order valence-electron chi connectivity index (χ4n) is 3.04. The van der Waals surface area contributed by atoms with Gasteiger partial charge >= 0.3 is 0 Å². The van der Waals surface area contributed by atoms with Gasteiger partial charge in [-0.2, -0.15) is 0 Å². The second kappa shape index (κ2) is 6.07. The maximum atomic E-state index is 12.7. The summed E-state index contributed by atoms with van der Waals surface area (Å²) in [5, 5.41) is 3.05. The van der Waals surface area contributed by atoms with Gasteiger partial charge in [0, 0.05) is 12.6 Å². The largest absolute Gasteiger partial charge is 0.316 e. The SMILES string of the molecule is CNCc1ccc(C)c(S(=O)(=O)NC2CCCC2(C)C)c1. The minimum absolute atomic E-state index is 0.0230. The van der Waals surface area contributed by atoms with Crippen molar-refractivity contribution in [2.45, 2.75) is 57.5 Å². The zero-order chi connectivity index (χ0) is 15.7. The van der Waals surface area contributed by atoms with E-state index in [9.17, 15) is 8.42 Å². The molecule has 5 heteroatoms. The molecule has 2 rings (SSSR count). The quantitative estimate of drug-likeness (QED) is 0.879. The van der Waals surface area contributed by atoms with E-state index >= 15 is 0 Å². The molecule has 4 nitrogen and oxygen atoms in total. The summed E-state index contributed by atoms with van der Waals surface area (Å²) in [5.74, 6) is 0. The molecule has 0 aromatic heterocycles. The van der Waals surface area contributed by atoms with Crippen LogP contribution in [-0.4, -0.2) is 21.5 Å². The summed E-state index contributed by atoms with van der Waals surface area (Å²) in [6.07, 6.45) is 3.07. The van der Waals surface area contributed by atoms with Crippen LogP contribution in [0.15, 0.2) is 23.1 Å². The van der Waals surface area contributed by atoms with Gasteiger partial charge in [-0.1, -0.05) is 32.4 Å². The summed E-state index contributed by atoms with van der Waals surface area (Å²) >= 11 is 0. The van der Waals surface area contributed by atoms with Crippen molar-refractivity contribution < 1.29 is 8.42 Å². The highest BCUT2D eigenvalue weighted by Crippen LogP contribution is 2.38. The predicted molar refractivity (Wildman–Crippen MR) is 85.7 cm³/mol. The van der Waals surface area contributed by atoms with Gasteiger partial charge in [0.15, 0.2) is 0 Å². The molecule has 1 aromatic rings. The number of nitrogens with one attached hydrogen (secondary N) is 2. The summed E-state index contributed by atoms with van der Waals surface area (Å²) in [5.41, 5.74) is 1.80. The summed E-state index contributed by atoms with van der Waals surface area (Å²) in [7, 11) is -1.61. The lowest BCUT2D eigenvalue weighted by Crippen LogP contribution is -2.41. The monoisotopic (exact) mass is 310 g/mol. The number of aryl methyl sites for hydroxylation is 1. The first kappa shape index (κ1) is 16.5. The van der Waals surface area contributed by atoms with Crippen LogP contribution in [0.1, 0.15) is 44.2 Å². The number of sulfonamides is 1. The molecule has 118 valence electrons. The highest BCUT2D eigenvalue weighted by Gasteiger charge is 2.37. The van der Waals surface area contributed by atoms with Crippen molar-refractivity contribution >= 4 is 10.0 Å². The molecule has 1 aliphatic carbocycles. The van der Waals surface area contributed by atoms with E-state index in [1.54, 1.807) is 6.07 Å². The molecular weight excluding hydrogens is 284 g/mol. The second-order valence-electron chi connectivity index (χ2n) is 6.68. The van der Waals surface area contributed by atoms with E-state index in [1.807, 2.05) is 26.1 Å². The fourth-order valence-corrected chi connectivity index (χ4v) is 4.78. The van der Waals surface area contributed by atoms with E-state index < -0.39 is 10.0 Å². The Morgan fingerprint density at radius 2 is 2.05 bits per heavy atom. The van der Waals surface area contributed by atoms with Crippen LogP contribution in [-0.2, 0) is 16.6 Å². The van der Waals surface area contributed by atoms with Crippen LogP contribution in [0, 0.1) is 12.3 Å². The van der Waals surface area contributed by atoms with Gasteiger partial charge in [-0.25, -0.2) is 13.1 Å². The molecule has 21 heavy (non-hydrogen) atoms. The van der Waals surface area contributed by atoms with E-state index in [0.717, 1.165) is 30.4 Å². The second-order valence-corrected chi connectivity index (χ2v) is 8.37. The Morgan fingerprint density at radius 3 is 2.62 bits per heavy atom. The van der Waals surface area contributed by atoms with Crippen molar-refractivity contribution in [3.05, 3.63) is 29.3 Å². The van der Waals surface area contributed by atoms with E-state index in [-0.39, 0.29) is 11.5 Å². The lowest BCUT2D eigenvalue weighted by Gasteiger charge is -2.28. The van der Waals surface area contributed by atoms with Gasteiger partial charge in [0.25, 0.3) is 0 Å². The Morgan fingerprint density at radius 1 is 1.33 bits per heavy atom. The van der Waals surface area contributed by atoms with Gasteiger partial charge in [0.1, 0.15) is 0 Å². The Labute approximate surface area is 128 Å². The van der Waals surface area contributed by atoms with E-state index in [2.05, 4.69) is 23.9 Å². The van der Waals surface area contributed by atoms with Crippen molar-refractivity contribution in [3.63, 3.8) is 0 Å². The third kappa shape index (κ3) is 3.65. The smallest absolute Gasteiger partial charge is 0.241 e. The van der Waals surface area contributed by atoms with Crippen LogP contribution in [0.3, 0.4) is 0 Å². The van der Waals surface area contributed by atoms with Crippen molar-refractivity contribution in [3.8, 4) is 0 Å². The molecule has 1 atom stereocenters. The average Bonchev–Trinajstić information content (AvgIpc) is 2.71. The molecule has 0 radical (unpaired) electrons. The minimum Gasteiger partial charge on any atom is -0.316 e. The zero-order valence-corrected chi connectivity index (χ0v) is 14.2. The molecule has 1 aliphatic rings. The first-order valence-electron chi connectivity index (χ1n) is 7.53. The molecule has 1 saturated carbocycles. The highest BCUT2D eigenvalue weighted by atomic mass is 32.2. The Hall–Kier alpha value is -0.910. The number of benzene rings is 1. The minimum atomic E-state index is -3.46. The highest BCUT2D eigenvalue weighted by molar-refractivity contribution is 7.89. The zero-order valence-electron chi connectivity index (χ0n) is 13.4. The predicted octanol–water partition coefficient (Wildman–Crippen LogP) is 2.57. The Bertz CT molecular complexity index is 609. The molecular formula is C16H26N2O2S. The first-order valence-corrected chi connectivity index (χ1v) is 9.01. The van der Waals surface area contributed by atoms with Crippen molar-refractivity contribution in [2.75, 3.05) is 7.05 Å². The maximum Gasteiger partial charge on any atom is 0.241 e. The summed E-state index contributed by atoms with van der Waals surface area (Å²) in [4.78, 5) is 0.401. The van der Waals surface area contributed by atoms with Gasteiger partial charge in [0.2, 0.25) is 10.0 Å². The Kier molecular flexibility index (Phi) is 4.76. The van der Waals surface area contributed by atoms with Crippen molar-refractivity contribution in [2.24, 2.45) is 5.41 Å². The van der Waals surface area contributed by atoms with E-state index in [0.29, 0.717) is 11.4 Å². The van der Waals surface area contributed by atoms with E-state index in [4.69, 9.17) is 0 Å². The third-order valence-corrected chi connectivity index (χ3v) is 6.09. The standard InChI is InChI=1S/C16H26N2O2S/c1-12-7-8-13(11-17-4)10-14(12)21(19,20)18-15-6-5-9-16(15,2)3/h7-8,10,15,17-18H,5-6,9,11H2,1-4H3. The average molecular weight is 310 g/mol. The van der Waals surface area contributed by atoms with Gasteiger partial charge in [0.05, 0.1) is 4.90 Å². The Balaban J connectivity index is 2.29. The van der Waals surface area contributed by atoms with Crippen molar-refractivity contribution in [1.29, 1.82) is 0 Å². The maximum absolute atomic E-state index is 12.7. The molecule has 0 aliphatic heterocycles. The molecule has 0 bridgehead atoms. The third-order valence-electron chi connectivity index (χ3n) is 4.48. The van der Waals surface area contributed by atoms with Crippen molar-refractivity contribution in [1.82, 2.24) is 10.0 Å². The number of hydrogen-bond acceptors (Lipinski definition) is 3. The van der Waals surface area contributed by atoms with Gasteiger partial charge in [-0.3, -0.25) is 0 Å². The fraction of sp³-hybridized carbons (Fsp3) is 0.625. The first-order chi connectivity index (χ1) is 9.76. The van der Waals surface area contributed by atoms with Crippen LogP contribution in [0.25, 0.3) is 0 Å². The van der Waals surface area contributed by atoms with E-state index in [1.165, 1.54) is 0 Å². The molecule has 1 unspecified atom stereocenters. The van der Waals surface area contributed by atoms with Crippen LogP contribution in [0.5, 0.6) is 0 Å². The number of hydrogen-bond donors (Lipinski definition) is 2. The van der Waals surface area contributed by atoms with Crippen LogP contribution in [0.4, 0.5) is 0 Å². The van der Waals surface area contributed by atoms with Crippen LogP contribution >= 0.6 is 0 Å². The van der Waals surface area contributed by atoms with Crippen LogP contribution < -0.4 is 10.0 Å². The summed E-state index contributed by atoms with van der Waals surface area (Å²) in [6, 6.07) is 5.64. The van der Waals surface area contributed by atoms with Gasteiger partial charge < -0.3 is 5.32 Å². The van der Waals surface area contributed by atoms with Gasteiger partial charge in [-0.15, -0.1) is 0 Å². The number of rotatable bonds is 5. The van der Waals surface area contributed by atoms with Gasteiger partial charge in [-0.05, 0) is 49.4 Å².